The number of aromatic nitrogens is 1. The third-order valence-electron chi connectivity index (χ3n) is 4.62. The zero-order chi connectivity index (χ0) is 20.8. The van der Waals surface area contributed by atoms with Gasteiger partial charge in [-0.2, -0.15) is 23.4 Å². The van der Waals surface area contributed by atoms with Gasteiger partial charge in [0, 0.05) is 17.3 Å². The van der Waals surface area contributed by atoms with E-state index in [9.17, 15) is 22.8 Å². The van der Waals surface area contributed by atoms with Crippen molar-refractivity contribution in [3.8, 4) is 11.1 Å². The Hall–Kier alpha value is -3.56. The molecule has 2 aromatic rings. The molecular weight excluding hydrogens is 389 g/mol. The Morgan fingerprint density at radius 2 is 2.07 bits per heavy atom. The molecule has 0 fully saturated rings. The average Bonchev–Trinajstić information content (AvgIpc) is 3.19. The Balaban J connectivity index is 1.87. The molecule has 1 aromatic carbocycles. The lowest BCUT2D eigenvalue weighted by Gasteiger charge is -2.33. The maximum Gasteiger partial charge on any atom is 0.406 e. The van der Waals surface area contributed by atoms with E-state index in [0.29, 0.717) is 21.6 Å². The van der Waals surface area contributed by atoms with Crippen molar-refractivity contribution in [2.45, 2.75) is 12.2 Å². The lowest BCUT2D eigenvalue weighted by Crippen LogP contribution is -2.43. The van der Waals surface area contributed by atoms with Crippen LogP contribution in [0.2, 0.25) is 0 Å². The molecule has 4 rings (SSSR count). The Kier molecular flexibility index (Phi) is 4.40. The van der Waals surface area contributed by atoms with Crippen molar-refractivity contribution in [1.29, 1.82) is 0 Å². The van der Waals surface area contributed by atoms with Crippen molar-refractivity contribution in [2.24, 2.45) is 10.2 Å². The molecule has 0 aliphatic carbocycles. The lowest BCUT2D eigenvalue weighted by atomic mass is 9.90. The molecule has 0 radical (unpaired) electrons. The molecule has 148 valence electrons. The van der Waals surface area contributed by atoms with Gasteiger partial charge in [0.15, 0.2) is 5.69 Å². The second kappa shape index (κ2) is 6.80. The van der Waals surface area contributed by atoms with E-state index in [2.05, 4.69) is 15.2 Å². The first-order valence-electron chi connectivity index (χ1n) is 8.46. The fraction of sp³-hybridized carbons (Fsp3) is 0.211. The van der Waals surface area contributed by atoms with Gasteiger partial charge in [-0.15, -0.1) is 0 Å². The van der Waals surface area contributed by atoms with Crippen molar-refractivity contribution in [3.05, 3.63) is 59.6 Å². The van der Waals surface area contributed by atoms with Gasteiger partial charge in [0.25, 0.3) is 5.91 Å². The second-order valence-electron chi connectivity index (χ2n) is 6.39. The van der Waals surface area contributed by atoms with Crippen molar-refractivity contribution in [1.82, 2.24) is 4.98 Å². The second-order valence-corrected chi connectivity index (χ2v) is 6.39. The summed E-state index contributed by atoms with van der Waals surface area (Å²) in [4.78, 5) is 29.4. The summed E-state index contributed by atoms with van der Waals surface area (Å²) in [5.74, 6) is -1.49. The number of fused-ring (bicyclic) bond motifs is 3. The van der Waals surface area contributed by atoms with Crippen LogP contribution in [0.25, 0.3) is 11.1 Å². The highest BCUT2D eigenvalue weighted by atomic mass is 19.4. The molecule has 0 N–H and O–H groups in total. The fourth-order valence-corrected chi connectivity index (χ4v) is 3.37. The van der Waals surface area contributed by atoms with Crippen molar-refractivity contribution in [2.75, 3.05) is 18.6 Å². The molecule has 2 aliphatic rings. The van der Waals surface area contributed by atoms with Crippen LogP contribution >= 0.6 is 0 Å². The number of azo groups is 1. The molecule has 0 saturated carbocycles. The van der Waals surface area contributed by atoms with Crippen LogP contribution in [-0.4, -0.2) is 36.7 Å². The molecule has 0 saturated heterocycles. The number of carbonyl (C=O) groups excluding carboxylic acids is 2. The number of anilines is 1. The SMILES string of the molecule is COC(=O)c1ncccc1-c1ccc2c(c1)N(CC(F)(F)F)C(=O)C1=CN=NC12. The van der Waals surface area contributed by atoms with E-state index in [1.165, 1.54) is 25.6 Å². The monoisotopic (exact) mass is 402 g/mol. The maximum atomic E-state index is 13.2. The summed E-state index contributed by atoms with van der Waals surface area (Å²) in [6.45, 7) is -1.46. The zero-order valence-corrected chi connectivity index (χ0v) is 15.0. The van der Waals surface area contributed by atoms with Crippen LogP contribution in [-0.2, 0) is 9.53 Å². The van der Waals surface area contributed by atoms with E-state index < -0.39 is 30.6 Å². The average molecular weight is 402 g/mol. The van der Waals surface area contributed by atoms with Gasteiger partial charge in [0.2, 0.25) is 0 Å². The van der Waals surface area contributed by atoms with Gasteiger partial charge in [-0.05, 0) is 17.7 Å². The standard InChI is InChI=1S/C19H13F3N4O3/c1-29-18(28)16-11(3-2-6-23-16)10-4-5-12-14(7-10)26(9-19(20,21)22)17(27)13-8-24-25-15(12)13/h2-8,15H,9H2,1H3. The number of esters is 1. The molecule has 10 heteroatoms. The predicted molar refractivity (Wildman–Crippen MR) is 95.1 cm³/mol. The molecule has 1 atom stereocenters. The van der Waals surface area contributed by atoms with Crippen molar-refractivity contribution < 1.29 is 27.5 Å². The molecule has 2 aliphatic heterocycles. The molecular formula is C19H13F3N4O3. The van der Waals surface area contributed by atoms with Gasteiger partial charge in [-0.3, -0.25) is 9.69 Å². The summed E-state index contributed by atoms with van der Waals surface area (Å²) in [6, 6.07) is 7.08. The smallest absolute Gasteiger partial charge is 0.406 e. The largest absolute Gasteiger partial charge is 0.464 e. The number of hydrogen-bond donors (Lipinski definition) is 0. The molecule has 1 unspecified atom stereocenters. The van der Waals surface area contributed by atoms with Gasteiger partial charge < -0.3 is 4.74 Å². The van der Waals surface area contributed by atoms with Crippen LogP contribution in [0.3, 0.4) is 0 Å². The summed E-state index contributed by atoms with van der Waals surface area (Å²) in [5.41, 5.74) is 1.38. The highest BCUT2D eigenvalue weighted by Crippen LogP contribution is 2.45. The first-order chi connectivity index (χ1) is 13.8. The number of rotatable bonds is 3. The third kappa shape index (κ3) is 3.26. The molecule has 1 amide bonds. The van der Waals surface area contributed by atoms with Gasteiger partial charge in [-0.25, -0.2) is 9.78 Å². The highest BCUT2D eigenvalue weighted by Gasteiger charge is 2.43. The maximum absolute atomic E-state index is 13.2. The fourth-order valence-electron chi connectivity index (χ4n) is 3.37. The summed E-state index contributed by atoms with van der Waals surface area (Å²) >= 11 is 0. The van der Waals surface area contributed by atoms with Gasteiger partial charge >= 0.3 is 12.1 Å². The lowest BCUT2D eigenvalue weighted by molar-refractivity contribution is -0.130. The number of pyridine rings is 1. The number of hydrogen-bond acceptors (Lipinski definition) is 6. The van der Waals surface area contributed by atoms with Crippen LogP contribution in [0.15, 0.2) is 58.5 Å². The summed E-state index contributed by atoms with van der Waals surface area (Å²) < 4.78 is 44.2. The van der Waals surface area contributed by atoms with Crippen LogP contribution in [0.4, 0.5) is 18.9 Å². The minimum atomic E-state index is -4.60. The number of ether oxygens (including phenoxy) is 1. The summed E-state index contributed by atoms with van der Waals surface area (Å²) in [7, 11) is 1.20. The first kappa shape index (κ1) is 18.8. The van der Waals surface area contributed by atoms with Gasteiger partial charge in [-0.1, -0.05) is 18.2 Å². The van der Waals surface area contributed by atoms with E-state index in [1.54, 1.807) is 24.3 Å². The normalized spacial score (nSPS) is 17.7. The Labute approximate surface area is 162 Å². The number of benzene rings is 1. The predicted octanol–water partition coefficient (Wildman–Crippen LogP) is 3.83. The van der Waals surface area contributed by atoms with Crippen LogP contribution < -0.4 is 4.90 Å². The molecule has 1 aromatic heterocycles. The zero-order valence-electron chi connectivity index (χ0n) is 15.0. The molecule has 7 nitrogen and oxygen atoms in total. The van der Waals surface area contributed by atoms with Crippen LogP contribution in [0.5, 0.6) is 0 Å². The highest BCUT2D eigenvalue weighted by molar-refractivity contribution is 6.10. The number of amides is 1. The third-order valence-corrected chi connectivity index (χ3v) is 4.62. The number of nitrogens with zero attached hydrogens (tertiary/aromatic N) is 4. The van der Waals surface area contributed by atoms with Crippen molar-refractivity contribution in [3.63, 3.8) is 0 Å². The first-order valence-corrected chi connectivity index (χ1v) is 8.46. The number of carbonyl (C=O) groups is 2. The van der Waals surface area contributed by atoms with E-state index in [-0.39, 0.29) is 17.0 Å². The minimum Gasteiger partial charge on any atom is -0.464 e. The number of alkyl halides is 3. The van der Waals surface area contributed by atoms with Crippen LogP contribution in [0, 0.1) is 0 Å². The van der Waals surface area contributed by atoms with Crippen molar-refractivity contribution >= 4 is 17.6 Å². The molecule has 3 heterocycles. The minimum absolute atomic E-state index is 0.0144. The Morgan fingerprint density at radius 1 is 1.28 bits per heavy atom. The molecule has 0 bridgehead atoms. The van der Waals surface area contributed by atoms with E-state index >= 15 is 0 Å². The number of methoxy groups -OCH3 is 1. The van der Waals surface area contributed by atoms with Crippen LogP contribution in [0.1, 0.15) is 22.1 Å². The van der Waals surface area contributed by atoms with E-state index in [4.69, 9.17) is 4.74 Å². The molecule has 0 spiro atoms. The molecule has 29 heavy (non-hydrogen) atoms. The number of halogens is 3. The quantitative estimate of drug-likeness (QED) is 0.731. The summed E-state index contributed by atoms with van der Waals surface area (Å²) in [6.07, 6.45) is -2.01. The topological polar surface area (TPSA) is 84.2 Å². The van der Waals surface area contributed by atoms with Gasteiger partial charge in [0.1, 0.15) is 12.6 Å². The summed E-state index contributed by atoms with van der Waals surface area (Å²) in [5, 5.41) is 7.66. The van der Waals surface area contributed by atoms with E-state index in [0.717, 1.165) is 0 Å². The van der Waals surface area contributed by atoms with E-state index in [1.807, 2.05) is 0 Å². The Bertz CT molecular complexity index is 1080. The van der Waals surface area contributed by atoms with Gasteiger partial charge in [0.05, 0.1) is 24.6 Å². The Morgan fingerprint density at radius 3 is 2.79 bits per heavy atom.